The summed E-state index contributed by atoms with van der Waals surface area (Å²) in [5, 5.41) is 18.3. The summed E-state index contributed by atoms with van der Waals surface area (Å²) < 4.78 is 32.5. The topological polar surface area (TPSA) is 149 Å². The van der Waals surface area contributed by atoms with Gasteiger partial charge in [0.25, 0.3) is 0 Å². The minimum atomic E-state index is -4.63. The highest BCUT2D eigenvalue weighted by molar-refractivity contribution is 7.47. The number of esters is 2. The molecule has 52 heavy (non-hydrogen) atoms. The standard InChI is InChI=1S/C41H69O10P/c1-3-5-7-9-11-13-15-16-17-18-19-20-21-22-23-25-27-29-31-33-41(45)51-39(37-50-52(46,47)49-35-38(43)34-42)36-48-40(44)32-30-28-26-24-14-12-10-8-6-4-2/h5,7,11,13,16-17,19-20,22-23,27,29,38-39,42-43H,3-4,6,8-10,12,14-15,18,21,24-26,28,30-37H2,1-2H3,(H,46,47)/b7-5-,13-11-,17-16-,20-19-,23-22-,29-27-/t38-,39+/m0/s1. The highest BCUT2D eigenvalue weighted by Crippen LogP contribution is 2.43. The summed E-state index contributed by atoms with van der Waals surface area (Å²) in [6.45, 7) is 2.13. The molecule has 0 aromatic heterocycles. The lowest BCUT2D eigenvalue weighted by atomic mass is 10.1. The van der Waals surface area contributed by atoms with Crippen LogP contribution < -0.4 is 0 Å². The molecule has 0 fully saturated rings. The molecule has 11 heteroatoms. The van der Waals surface area contributed by atoms with E-state index in [1.807, 2.05) is 12.2 Å². The largest absolute Gasteiger partial charge is 0.472 e. The summed E-state index contributed by atoms with van der Waals surface area (Å²) >= 11 is 0. The van der Waals surface area contributed by atoms with Gasteiger partial charge in [-0.1, -0.05) is 145 Å². The van der Waals surface area contributed by atoms with Crippen molar-refractivity contribution in [3.8, 4) is 0 Å². The van der Waals surface area contributed by atoms with Crippen LogP contribution in [0.2, 0.25) is 0 Å². The maximum Gasteiger partial charge on any atom is 0.472 e. The molecule has 3 N–H and O–H groups in total. The van der Waals surface area contributed by atoms with E-state index in [1.54, 1.807) is 0 Å². The van der Waals surface area contributed by atoms with Gasteiger partial charge in [-0.2, -0.15) is 0 Å². The molecule has 0 rings (SSSR count). The number of unbranched alkanes of at least 4 members (excludes halogenated alkanes) is 9. The number of hydrogen-bond donors (Lipinski definition) is 3. The zero-order chi connectivity index (χ0) is 38.4. The Balaban J connectivity index is 4.50. The number of phosphoric ester groups is 1. The predicted molar refractivity (Wildman–Crippen MR) is 210 cm³/mol. The molecular weight excluding hydrogens is 683 g/mol. The maximum atomic E-state index is 12.5. The van der Waals surface area contributed by atoms with Gasteiger partial charge >= 0.3 is 19.8 Å². The Labute approximate surface area is 314 Å². The lowest BCUT2D eigenvalue weighted by Crippen LogP contribution is -2.29. The van der Waals surface area contributed by atoms with E-state index in [4.69, 9.17) is 19.1 Å². The lowest BCUT2D eigenvalue weighted by molar-refractivity contribution is -0.161. The summed E-state index contributed by atoms with van der Waals surface area (Å²) in [7, 11) is -4.63. The third kappa shape index (κ3) is 35.8. The van der Waals surface area contributed by atoms with E-state index in [1.165, 1.54) is 38.5 Å². The van der Waals surface area contributed by atoms with E-state index in [0.29, 0.717) is 12.8 Å². The van der Waals surface area contributed by atoms with E-state index < -0.39 is 51.8 Å². The minimum absolute atomic E-state index is 0.0567. The van der Waals surface area contributed by atoms with Crippen LogP contribution in [0.25, 0.3) is 0 Å². The average molecular weight is 753 g/mol. The van der Waals surface area contributed by atoms with Gasteiger partial charge < -0.3 is 24.6 Å². The van der Waals surface area contributed by atoms with Crippen molar-refractivity contribution in [3.05, 3.63) is 72.9 Å². The van der Waals surface area contributed by atoms with Crippen molar-refractivity contribution in [2.24, 2.45) is 0 Å². The third-order valence-corrected chi connectivity index (χ3v) is 8.59. The molecule has 0 aromatic carbocycles. The Morgan fingerprint density at radius 3 is 1.56 bits per heavy atom. The predicted octanol–water partition coefficient (Wildman–Crippen LogP) is 9.72. The molecule has 0 saturated heterocycles. The third-order valence-electron chi connectivity index (χ3n) is 7.64. The van der Waals surface area contributed by atoms with E-state index in [2.05, 4.69) is 79.1 Å². The van der Waals surface area contributed by atoms with Gasteiger partial charge in [-0.25, -0.2) is 4.57 Å². The number of allylic oxidation sites excluding steroid dienone is 12. The summed E-state index contributed by atoms with van der Waals surface area (Å²) in [4.78, 5) is 34.8. The molecule has 0 heterocycles. The van der Waals surface area contributed by atoms with Crippen LogP contribution in [0.3, 0.4) is 0 Å². The second kappa shape index (κ2) is 36.8. The van der Waals surface area contributed by atoms with Crippen LogP contribution in [0.4, 0.5) is 0 Å². The molecule has 0 amide bonds. The zero-order valence-corrected chi connectivity index (χ0v) is 32.9. The van der Waals surface area contributed by atoms with Gasteiger partial charge in [0.05, 0.1) is 19.8 Å². The normalized spacial score (nSPS) is 14.8. The minimum Gasteiger partial charge on any atom is -0.462 e. The van der Waals surface area contributed by atoms with Crippen molar-refractivity contribution in [2.75, 3.05) is 26.4 Å². The molecule has 1 unspecified atom stereocenters. The molecule has 0 bridgehead atoms. The second-order valence-corrected chi connectivity index (χ2v) is 14.0. The number of rotatable bonds is 35. The van der Waals surface area contributed by atoms with E-state index in [-0.39, 0.29) is 19.4 Å². The van der Waals surface area contributed by atoms with Gasteiger partial charge in [0.1, 0.15) is 12.7 Å². The van der Waals surface area contributed by atoms with Crippen molar-refractivity contribution in [3.63, 3.8) is 0 Å². The SMILES string of the molecule is CC/C=C\C/C=C\C/C=C\C/C=C\C/C=C\C/C=C\CCC(=O)O[C@H](COC(=O)CCCCCCCCCCCC)COP(=O)(O)OC[C@@H](O)CO. The fourth-order valence-corrected chi connectivity index (χ4v) is 5.45. The van der Waals surface area contributed by atoms with Gasteiger partial charge in [0.15, 0.2) is 6.10 Å². The van der Waals surface area contributed by atoms with Gasteiger partial charge in [0, 0.05) is 12.8 Å². The fourth-order valence-electron chi connectivity index (χ4n) is 4.66. The Hall–Kier alpha value is -2.59. The summed E-state index contributed by atoms with van der Waals surface area (Å²) in [5.41, 5.74) is 0. The van der Waals surface area contributed by atoms with Crippen LogP contribution >= 0.6 is 7.82 Å². The van der Waals surface area contributed by atoms with Crippen LogP contribution in [0.5, 0.6) is 0 Å². The first-order chi connectivity index (χ1) is 25.2. The molecule has 0 aliphatic carbocycles. The number of carbonyl (C=O) groups excluding carboxylic acids is 2. The van der Waals surface area contributed by atoms with E-state index in [0.717, 1.165) is 57.8 Å². The number of phosphoric acid groups is 1. The van der Waals surface area contributed by atoms with Crippen LogP contribution in [-0.4, -0.2) is 65.7 Å². The van der Waals surface area contributed by atoms with Gasteiger partial charge in [0.2, 0.25) is 0 Å². The molecule has 10 nitrogen and oxygen atoms in total. The van der Waals surface area contributed by atoms with Crippen molar-refractivity contribution in [2.45, 2.75) is 148 Å². The molecule has 0 spiro atoms. The van der Waals surface area contributed by atoms with E-state index in [9.17, 15) is 24.2 Å². The first-order valence-corrected chi connectivity index (χ1v) is 20.9. The smallest absolute Gasteiger partial charge is 0.462 e. The number of hydrogen-bond acceptors (Lipinski definition) is 9. The molecule has 0 aliphatic rings. The van der Waals surface area contributed by atoms with Crippen molar-refractivity contribution in [1.82, 2.24) is 0 Å². The number of aliphatic hydroxyl groups is 2. The van der Waals surface area contributed by atoms with Crippen molar-refractivity contribution in [1.29, 1.82) is 0 Å². The lowest BCUT2D eigenvalue weighted by Gasteiger charge is -2.20. The first kappa shape index (κ1) is 49.4. The van der Waals surface area contributed by atoms with E-state index >= 15 is 0 Å². The fraction of sp³-hybridized carbons (Fsp3) is 0.659. The molecule has 0 radical (unpaired) electrons. The Bertz CT molecular complexity index is 1100. The Kier molecular flexibility index (Phi) is 34.9. The number of carbonyl (C=O) groups is 2. The van der Waals surface area contributed by atoms with Gasteiger partial charge in [-0.05, 0) is 51.4 Å². The van der Waals surface area contributed by atoms with Gasteiger partial charge in [-0.3, -0.25) is 18.6 Å². The van der Waals surface area contributed by atoms with Crippen LogP contribution in [0, 0.1) is 0 Å². The molecular formula is C41H69O10P. The van der Waals surface area contributed by atoms with Gasteiger partial charge in [-0.15, -0.1) is 0 Å². The molecule has 0 aliphatic heterocycles. The highest BCUT2D eigenvalue weighted by Gasteiger charge is 2.27. The maximum absolute atomic E-state index is 12.5. The zero-order valence-electron chi connectivity index (χ0n) is 32.0. The summed E-state index contributed by atoms with van der Waals surface area (Å²) in [6.07, 6.45) is 40.4. The summed E-state index contributed by atoms with van der Waals surface area (Å²) in [5.74, 6) is -1.03. The van der Waals surface area contributed by atoms with Crippen LogP contribution in [0.1, 0.15) is 136 Å². The molecule has 0 saturated carbocycles. The van der Waals surface area contributed by atoms with Crippen molar-refractivity contribution < 1.29 is 47.8 Å². The number of aliphatic hydroxyl groups excluding tert-OH is 2. The van der Waals surface area contributed by atoms with Crippen molar-refractivity contribution >= 4 is 19.8 Å². The first-order valence-electron chi connectivity index (χ1n) is 19.4. The highest BCUT2D eigenvalue weighted by atomic mass is 31.2. The molecule has 298 valence electrons. The Morgan fingerprint density at radius 2 is 1.06 bits per heavy atom. The monoisotopic (exact) mass is 752 g/mol. The Morgan fingerprint density at radius 1 is 0.596 bits per heavy atom. The molecule has 0 aromatic rings. The quantitative estimate of drug-likeness (QED) is 0.0247. The average Bonchev–Trinajstić information content (AvgIpc) is 3.13. The van der Waals surface area contributed by atoms with Crippen LogP contribution in [-0.2, 0) is 32.7 Å². The second-order valence-electron chi connectivity index (χ2n) is 12.6. The summed E-state index contributed by atoms with van der Waals surface area (Å²) in [6, 6.07) is 0. The molecule has 3 atom stereocenters. The van der Waals surface area contributed by atoms with Crippen LogP contribution in [0.15, 0.2) is 72.9 Å². The number of ether oxygens (including phenoxy) is 2.